The lowest BCUT2D eigenvalue weighted by molar-refractivity contribution is 0.920. The fourth-order valence-electron chi connectivity index (χ4n) is 1.08. The smallest absolute Gasteiger partial charge is 0.126 e. The maximum absolute atomic E-state index is 4.13. The molecule has 0 fully saturated rings. The van der Waals surface area contributed by atoms with Crippen molar-refractivity contribution in [2.45, 2.75) is 6.54 Å². The van der Waals surface area contributed by atoms with Gasteiger partial charge >= 0.3 is 0 Å². The van der Waals surface area contributed by atoms with E-state index in [9.17, 15) is 0 Å². The van der Waals surface area contributed by atoms with Crippen molar-refractivity contribution in [3.05, 3.63) is 48.4 Å². The van der Waals surface area contributed by atoms with Crippen LogP contribution in [0.3, 0.4) is 0 Å². The Bertz CT molecular complexity index is 334. The Morgan fingerprint density at radius 3 is 2.79 bits per heavy atom. The predicted molar refractivity (Wildman–Crippen MR) is 53.6 cm³/mol. The molecule has 0 aliphatic carbocycles. The number of aromatic nitrogens is 3. The van der Waals surface area contributed by atoms with Crippen LogP contribution in [0.2, 0.25) is 0 Å². The molecule has 0 radical (unpaired) electrons. The van der Waals surface area contributed by atoms with Crippen LogP contribution in [-0.4, -0.2) is 15.2 Å². The second-order valence-electron chi connectivity index (χ2n) is 2.78. The van der Waals surface area contributed by atoms with E-state index in [1.165, 1.54) is 0 Å². The van der Waals surface area contributed by atoms with Crippen LogP contribution < -0.4 is 5.32 Å². The maximum atomic E-state index is 4.13. The third kappa shape index (κ3) is 2.26. The summed E-state index contributed by atoms with van der Waals surface area (Å²) in [6.07, 6.45) is 3.41. The molecule has 0 aromatic carbocycles. The third-order valence-corrected chi connectivity index (χ3v) is 1.74. The van der Waals surface area contributed by atoms with Crippen LogP contribution in [0.1, 0.15) is 5.69 Å². The molecule has 2 aromatic rings. The lowest BCUT2D eigenvalue weighted by Gasteiger charge is -2.02. The summed E-state index contributed by atoms with van der Waals surface area (Å²) in [5, 5.41) is 10.9. The van der Waals surface area contributed by atoms with Gasteiger partial charge in [0.15, 0.2) is 0 Å². The number of pyridine rings is 1. The molecule has 70 valence electrons. The lowest BCUT2D eigenvalue weighted by atomic mass is 10.4. The van der Waals surface area contributed by atoms with Crippen molar-refractivity contribution >= 4 is 5.82 Å². The van der Waals surface area contributed by atoms with Crippen LogP contribution in [0, 0.1) is 0 Å². The van der Waals surface area contributed by atoms with Crippen LogP contribution in [-0.2, 0) is 6.54 Å². The first-order chi connectivity index (χ1) is 6.95. The van der Waals surface area contributed by atoms with Crippen LogP contribution >= 0.6 is 0 Å². The van der Waals surface area contributed by atoms with Gasteiger partial charge in [-0.3, -0.25) is 0 Å². The molecule has 2 rings (SSSR count). The summed E-state index contributed by atoms with van der Waals surface area (Å²) in [5.74, 6) is 0.846. The van der Waals surface area contributed by atoms with Gasteiger partial charge in [0.1, 0.15) is 5.82 Å². The largest absolute Gasteiger partial charge is 0.364 e. The molecule has 0 bridgehead atoms. The predicted octanol–water partition coefficient (Wildman–Crippen LogP) is 1.48. The zero-order chi connectivity index (χ0) is 9.64. The van der Waals surface area contributed by atoms with E-state index >= 15 is 0 Å². The van der Waals surface area contributed by atoms with Gasteiger partial charge in [0.05, 0.1) is 12.2 Å². The molecule has 0 spiro atoms. The van der Waals surface area contributed by atoms with Crippen molar-refractivity contribution in [3.8, 4) is 0 Å². The minimum absolute atomic E-state index is 0.644. The minimum Gasteiger partial charge on any atom is -0.364 e. The van der Waals surface area contributed by atoms with Gasteiger partial charge in [-0.1, -0.05) is 6.07 Å². The van der Waals surface area contributed by atoms with E-state index < -0.39 is 0 Å². The van der Waals surface area contributed by atoms with Crippen LogP contribution in [0.5, 0.6) is 0 Å². The van der Waals surface area contributed by atoms with Gasteiger partial charge in [-0.05, 0) is 24.3 Å². The fourth-order valence-corrected chi connectivity index (χ4v) is 1.08. The topological polar surface area (TPSA) is 50.7 Å². The molecule has 4 heteroatoms. The Morgan fingerprint density at radius 2 is 2.07 bits per heavy atom. The van der Waals surface area contributed by atoms with Gasteiger partial charge in [0.2, 0.25) is 0 Å². The number of nitrogens with zero attached hydrogens (tertiary/aromatic N) is 3. The molecule has 0 saturated carbocycles. The summed E-state index contributed by atoms with van der Waals surface area (Å²) in [7, 11) is 0. The summed E-state index contributed by atoms with van der Waals surface area (Å²) < 4.78 is 0. The molecule has 2 heterocycles. The van der Waals surface area contributed by atoms with E-state index in [0.29, 0.717) is 6.54 Å². The highest BCUT2D eigenvalue weighted by molar-refractivity contribution is 5.33. The van der Waals surface area contributed by atoms with Gasteiger partial charge in [0.25, 0.3) is 0 Å². The van der Waals surface area contributed by atoms with Gasteiger partial charge in [0, 0.05) is 12.4 Å². The summed E-state index contributed by atoms with van der Waals surface area (Å²) in [6, 6.07) is 9.52. The first-order valence-electron chi connectivity index (χ1n) is 4.36. The van der Waals surface area contributed by atoms with E-state index in [-0.39, 0.29) is 0 Å². The van der Waals surface area contributed by atoms with Crippen molar-refractivity contribution in [2.24, 2.45) is 0 Å². The van der Waals surface area contributed by atoms with Gasteiger partial charge < -0.3 is 5.32 Å². The summed E-state index contributed by atoms with van der Waals surface area (Å²) >= 11 is 0. The minimum atomic E-state index is 0.644. The summed E-state index contributed by atoms with van der Waals surface area (Å²) in [6.45, 7) is 0.644. The van der Waals surface area contributed by atoms with E-state index in [1.54, 1.807) is 12.4 Å². The Kier molecular flexibility index (Phi) is 2.66. The van der Waals surface area contributed by atoms with Crippen LogP contribution in [0.15, 0.2) is 42.7 Å². The monoisotopic (exact) mass is 186 g/mol. The molecule has 14 heavy (non-hydrogen) atoms. The molecule has 0 aliphatic heterocycles. The lowest BCUT2D eigenvalue weighted by Crippen LogP contribution is -2.03. The van der Waals surface area contributed by atoms with E-state index in [0.717, 1.165) is 11.5 Å². The van der Waals surface area contributed by atoms with E-state index in [4.69, 9.17) is 0 Å². The quantitative estimate of drug-likeness (QED) is 0.788. The highest BCUT2D eigenvalue weighted by Crippen LogP contribution is 2.01. The highest BCUT2D eigenvalue weighted by atomic mass is 15.1. The molecule has 0 atom stereocenters. The fraction of sp³-hybridized carbons (Fsp3) is 0.100. The van der Waals surface area contributed by atoms with Gasteiger partial charge in [-0.2, -0.15) is 10.2 Å². The Labute approximate surface area is 82.0 Å². The van der Waals surface area contributed by atoms with Crippen molar-refractivity contribution < 1.29 is 0 Å². The van der Waals surface area contributed by atoms with Crippen molar-refractivity contribution in [2.75, 3.05) is 5.32 Å². The number of rotatable bonds is 3. The molecule has 2 aromatic heterocycles. The normalized spacial score (nSPS) is 9.71. The molecule has 0 saturated heterocycles. The number of anilines is 1. The first-order valence-corrected chi connectivity index (χ1v) is 4.36. The zero-order valence-corrected chi connectivity index (χ0v) is 7.59. The molecule has 4 nitrogen and oxygen atoms in total. The maximum Gasteiger partial charge on any atom is 0.126 e. The second-order valence-corrected chi connectivity index (χ2v) is 2.78. The molecule has 0 aliphatic rings. The van der Waals surface area contributed by atoms with E-state index in [1.807, 2.05) is 30.3 Å². The van der Waals surface area contributed by atoms with Crippen LogP contribution in [0.4, 0.5) is 5.82 Å². The van der Waals surface area contributed by atoms with Crippen molar-refractivity contribution in [3.63, 3.8) is 0 Å². The number of hydrogen-bond donors (Lipinski definition) is 1. The Balaban J connectivity index is 1.96. The molecular formula is C10H10N4. The number of nitrogens with one attached hydrogen (secondary N) is 1. The van der Waals surface area contributed by atoms with Crippen LogP contribution in [0.25, 0.3) is 0 Å². The average Bonchev–Trinajstić information content (AvgIpc) is 2.29. The van der Waals surface area contributed by atoms with Crippen molar-refractivity contribution in [1.82, 2.24) is 15.2 Å². The second kappa shape index (κ2) is 4.32. The highest BCUT2D eigenvalue weighted by Gasteiger charge is 1.93. The first kappa shape index (κ1) is 8.62. The molecule has 1 N–H and O–H groups in total. The standard InChI is InChI=1S/C10H10N4/c1-2-6-11-10(5-1)12-8-9-4-3-7-13-14-9/h1-7H,8H2,(H,11,12). The Hall–Kier alpha value is -1.97. The average molecular weight is 186 g/mol. The Morgan fingerprint density at radius 1 is 1.07 bits per heavy atom. The van der Waals surface area contributed by atoms with E-state index in [2.05, 4.69) is 20.5 Å². The summed E-state index contributed by atoms with van der Waals surface area (Å²) in [5.41, 5.74) is 0.901. The van der Waals surface area contributed by atoms with Gasteiger partial charge in [-0.25, -0.2) is 4.98 Å². The number of hydrogen-bond acceptors (Lipinski definition) is 4. The third-order valence-electron chi connectivity index (χ3n) is 1.74. The zero-order valence-electron chi connectivity index (χ0n) is 7.59. The molecule has 0 amide bonds. The molecule has 0 unspecified atom stereocenters. The molecular weight excluding hydrogens is 176 g/mol. The van der Waals surface area contributed by atoms with Crippen molar-refractivity contribution in [1.29, 1.82) is 0 Å². The summed E-state index contributed by atoms with van der Waals surface area (Å²) in [4.78, 5) is 4.13. The van der Waals surface area contributed by atoms with Gasteiger partial charge in [-0.15, -0.1) is 0 Å². The SMILES string of the molecule is c1ccc(NCc2cccnn2)nc1.